The number of anilines is 2. The summed E-state index contributed by atoms with van der Waals surface area (Å²) in [5.41, 5.74) is 23.8. The maximum atomic E-state index is 6.97. The molecule has 4 nitrogen and oxygen atoms in total. The average Bonchev–Trinajstić information content (AvgIpc) is 4.02. The van der Waals surface area contributed by atoms with Gasteiger partial charge in [0, 0.05) is 66.4 Å². The van der Waals surface area contributed by atoms with E-state index in [9.17, 15) is 0 Å². The van der Waals surface area contributed by atoms with Crippen molar-refractivity contribution in [3.8, 4) is 27.9 Å². The van der Waals surface area contributed by atoms with Crippen molar-refractivity contribution in [2.45, 2.75) is 97.8 Å². The van der Waals surface area contributed by atoms with Gasteiger partial charge in [-0.2, -0.15) is 0 Å². The number of fused-ring (bicyclic) bond motifs is 19. The van der Waals surface area contributed by atoms with Gasteiger partial charge in [-0.25, -0.2) is 0 Å². The summed E-state index contributed by atoms with van der Waals surface area (Å²) in [5.74, 6) is 0. The van der Waals surface area contributed by atoms with Gasteiger partial charge in [0.05, 0.1) is 11.0 Å². The highest BCUT2D eigenvalue weighted by Gasteiger charge is 2.50. The Hall–Kier alpha value is -6.98. The van der Waals surface area contributed by atoms with E-state index in [1.54, 1.807) is 0 Å². The summed E-state index contributed by atoms with van der Waals surface area (Å²) in [6, 6.07) is 51.0. The normalized spacial score (nSPS) is 15.0. The highest BCUT2D eigenvalue weighted by atomic mass is 16.3. The molecule has 0 radical (unpaired) electrons. The number of hydrogen-bond donors (Lipinski definition) is 0. The van der Waals surface area contributed by atoms with E-state index in [4.69, 9.17) is 8.83 Å². The second-order valence-corrected chi connectivity index (χ2v) is 23.8. The Morgan fingerprint density at radius 2 is 1.09 bits per heavy atom. The minimum atomic E-state index is -0.289. The molecule has 3 aromatic heterocycles. The van der Waals surface area contributed by atoms with Gasteiger partial charge >= 0.3 is 6.85 Å². The summed E-state index contributed by atoms with van der Waals surface area (Å²) >= 11 is 0. The fourth-order valence-electron chi connectivity index (χ4n) is 12.7. The SMILES string of the molecule is CC(C)(C)c1ccc(N2B3c4cc5c(cc4-n4c6ccc(C(C)(C)C)cc6c6c7c(c(c3c64)-c3cc4oc6ccc(C(C)(C)C)cc6c4cc32)-c2ccccc2C7(C)C)oc2ccccc25)cc1. The van der Waals surface area contributed by atoms with Crippen LogP contribution in [0.4, 0.5) is 11.4 Å². The van der Waals surface area contributed by atoms with E-state index < -0.39 is 0 Å². The van der Waals surface area contributed by atoms with Crippen molar-refractivity contribution in [3.63, 3.8) is 0 Å². The molecule has 2 aliphatic heterocycles. The van der Waals surface area contributed by atoms with Crippen LogP contribution in [0.2, 0.25) is 0 Å². The molecule has 68 heavy (non-hydrogen) atoms. The molecule has 5 heteroatoms. The van der Waals surface area contributed by atoms with Gasteiger partial charge in [-0.15, -0.1) is 0 Å². The third kappa shape index (κ3) is 5.12. The van der Waals surface area contributed by atoms with Gasteiger partial charge < -0.3 is 18.2 Å². The molecule has 0 bridgehead atoms. The van der Waals surface area contributed by atoms with E-state index in [0.29, 0.717) is 0 Å². The Morgan fingerprint density at radius 3 is 1.82 bits per heavy atom. The van der Waals surface area contributed by atoms with Crippen LogP contribution in [0.1, 0.15) is 104 Å². The minimum absolute atomic E-state index is 0.00269. The molecular formula is C63H55BN2O2. The van der Waals surface area contributed by atoms with Crippen LogP contribution in [0, 0.1) is 0 Å². The first-order chi connectivity index (χ1) is 32.4. The summed E-state index contributed by atoms with van der Waals surface area (Å²) < 4.78 is 16.4. The maximum Gasteiger partial charge on any atom is 0.333 e. The number of furan rings is 2. The Bertz CT molecular complexity index is 4060. The van der Waals surface area contributed by atoms with Gasteiger partial charge in [-0.1, -0.05) is 149 Å². The lowest BCUT2D eigenvalue weighted by Gasteiger charge is -2.43. The summed E-state index contributed by atoms with van der Waals surface area (Å²) in [6.45, 7) is 25.5. The van der Waals surface area contributed by atoms with Crippen LogP contribution < -0.4 is 15.7 Å². The van der Waals surface area contributed by atoms with Crippen molar-refractivity contribution in [3.05, 3.63) is 161 Å². The smallest absolute Gasteiger partial charge is 0.333 e. The Labute approximate surface area is 398 Å². The van der Waals surface area contributed by atoms with Gasteiger partial charge in [0.15, 0.2) is 0 Å². The van der Waals surface area contributed by atoms with Crippen LogP contribution in [0.3, 0.4) is 0 Å². The number of benzene rings is 8. The Morgan fingerprint density at radius 1 is 0.485 bits per heavy atom. The van der Waals surface area contributed by atoms with Crippen molar-refractivity contribution in [1.29, 1.82) is 0 Å². The first kappa shape index (κ1) is 40.1. The topological polar surface area (TPSA) is 34.5 Å². The zero-order valence-electron chi connectivity index (χ0n) is 41.0. The molecule has 0 fully saturated rings. The van der Waals surface area contributed by atoms with E-state index in [0.717, 1.165) is 49.6 Å². The first-order valence-corrected chi connectivity index (χ1v) is 24.5. The molecule has 0 atom stereocenters. The monoisotopic (exact) mass is 882 g/mol. The van der Waals surface area contributed by atoms with E-state index in [-0.39, 0.29) is 28.5 Å². The number of para-hydroxylation sites is 1. The fourth-order valence-corrected chi connectivity index (χ4v) is 12.7. The van der Waals surface area contributed by atoms with Crippen LogP contribution in [-0.2, 0) is 21.7 Å². The second kappa shape index (κ2) is 12.8. The maximum absolute atomic E-state index is 6.97. The van der Waals surface area contributed by atoms with Crippen LogP contribution in [-0.4, -0.2) is 11.4 Å². The molecular weight excluding hydrogens is 828 g/mol. The molecule has 0 saturated heterocycles. The predicted molar refractivity (Wildman–Crippen MR) is 288 cm³/mol. The molecule has 0 unspecified atom stereocenters. The molecule has 1 aliphatic carbocycles. The lowest BCUT2D eigenvalue weighted by molar-refractivity contribution is 0.590. The largest absolute Gasteiger partial charge is 0.456 e. The Kier molecular flexibility index (Phi) is 7.53. The molecule has 332 valence electrons. The molecule has 0 amide bonds. The predicted octanol–water partition coefficient (Wildman–Crippen LogP) is 16.0. The van der Waals surface area contributed by atoms with Crippen LogP contribution in [0.25, 0.3) is 93.6 Å². The van der Waals surface area contributed by atoms with Gasteiger partial charge in [-0.3, -0.25) is 0 Å². The fraction of sp³-hybridized carbons (Fsp3) is 0.238. The minimum Gasteiger partial charge on any atom is -0.456 e. The number of nitrogens with zero attached hydrogens (tertiary/aromatic N) is 2. The third-order valence-corrected chi connectivity index (χ3v) is 16.2. The zero-order valence-corrected chi connectivity index (χ0v) is 41.0. The van der Waals surface area contributed by atoms with E-state index in [1.165, 1.54) is 94.2 Å². The summed E-state index contributed by atoms with van der Waals surface area (Å²) in [6.07, 6.45) is 0. The summed E-state index contributed by atoms with van der Waals surface area (Å²) in [4.78, 5) is 2.68. The molecule has 0 N–H and O–H groups in total. The summed E-state index contributed by atoms with van der Waals surface area (Å²) in [7, 11) is 0. The summed E-state index contributed by atoms with van der Waals surface area (Å²) in [5, 5.41) is 7.22. The van der Waals surface area contributed by atoms with Crippen molar-refractivity contribution in [2.75, 3.05) is 4.81 Å². The highest BCUT2D eigenvalue weighted by molar-refractivity contribution is 6.94. The molecule has 14 rings (SSSR count). The van der Waals surface area contributed by atoms with Gasteiger partial charge in [0.1, 0.15) is 22.3 Å². The quantitative estimate of drug-likeness (QED) is 0.154. The molecule has 5 heterocycles. The van der Waals surface area contributed by atoms with E-state index in [2.05, 4.69) is 219 Å². The van der Waals surface area contributed by atoms with Gasteiger partial charge in [0.25, 0.3) is 0 Å². The molecule has 0 saturated carbocycles. The van der Waals surface area contributed by atoms with Gasteiger partial charge in [-0.05, 0) is 126 Å². The van der Waals surface area contributed by atoms with Gasteiger partial charge in [0.2, 0.25) is 0 Å². The Balaban J connectivity index is 1.23. The van der Waals surface area contributed by atoms with E-state index >= 15 is 0 Å². The number of rotatable bonds is 1. The lowest BCUT2D eigenvalue weighted by Crippen LogP contribution is -2.60. The van der Waals surface area contributed by atoms with Crippen LogP contribution >= 0.6 is 0 Å². The molecule has 3 aliphatic rings. The average molecular weight is 883 g/mol. The molecule has 11 aromatic rings. The van der Waals surface area contributed by atoms with Crippen molar-refractivity contribution in [1.82, 2.24) is 4.57 Å². The first-order valence-electron chi connectivity index (χ1n) is 24.5. The van der Waals surface area contributed by atoms with Crippen LogP contribution in [0.5, 0.6) is 0 Å². The number of aromatic nitrogens is 1. The standard InChI is InChI=1S/C63H55BN2O2/c1-60(2,3)34-20-24-37(25-21-34)66-48-31-42-40-28-36(62(7,8)9)23-27-51(40)68-52(42)32-44(48)55-54-39-17-12-14-18-45(39)63(10,11)57(54)56-43-29-35(61(4,5)6)22-26-47(43)65-49-33-53-41(38-16-13-15-19-50(38)67-53)30-46(49)64(66)58(55)59(56)65/h12-33H,1-11H3. The second-order valence-electron chi connectivity index (χ2n) is 23.8. The highest BCUT2D eigenvalue weighted by Crippen LogP contribution is 2.59. The zero-order chi connectivity index (χ0) is 46.7. The van der Waals surface area contributed by atoms with Crippen molar-refractivity contribution in [2.24, 2.45) is 0 Å². The lowest BCUT2D eigenvalue weighted by atomic mass is 9.43. The van der Waals surface area contributed by atoms with Crippen molar-refractivity contribution >= 4 is 94.8 Å². The van der Waals surface area contributed by atoms with Crippen molar-refractivity contribution < 1.29 is 8.83 Å². The van der Waals surface area contributed by atoms with Crippen LogP contribution in [0.15, 0.2) is 142 Å². The third-order valence-electron chi connectivity index (χ3n) is 16.2. The number of hydrogen-bond acceptors (Lipinski definition) is 3. The molecule has 8 aromatic carbocycles. The molecule has 0 spiro atoms. The van der Waals surface area contributed by atoms with E-state index in [1.807, 2.05) is 0 Å².